The largest absolute Gasteiger partial charge is 0.366 e. The molecule has 2 aromatic rings. The molecule has 0 saturated carbocycles. The van der Waals surface area contributed by atoms with E-state index in [0.717, 1.165) is 29.9 Å². The third kappa shape index (κ3) is 3.53. The van der Waals surface area contributed by atoms with Crippen molar-refractivity contribution in [2.45, 2.75) is 19.8 Å². The van der Waals surface area contributed by atoms with Crippen LogP contribution in [0.5, 0.6) is 0 Å². The van der Waals surface area contributed by atoms with Gasteiger partial charge in [-0.05, 0) is 48.6 Å². The fourth-order valence-electron chi connectivity index (χ4n) is 3.80. The predicted octanol–water partition coefficient (Wildman–Crippen LogP) is 4.63. The Morgan fingerprint density at radius 1 is 0.966 bits per heavy atom. The molecule has 29 heavy (non-hydrogen) atoms. The number of rotatable bonds is 3. The summed E-state index contributed by atoms with van der Waals surface area (Å²) < 4.78 is 27.8. The SMILES string of the molecule is CC1CCN(C2=C(c3ccc(Cl)cc3)C(=O)N(c3ccc(F)cc3F)C2=O)CC1. The molecule has 7 heteroatoms. The maximum absolute atomic E-state index is 14.4. The number of halogens is 3. The van der Waals surface area contributed by atoms with Crippen LogP contribution < -0.4 is 4.90 Å². The van der Waals surface area contributed by atoms with Gasteiger partial charge in [-0.3, -0.25) is 9.59 Å². The Bertz CT molecular complexity index is 1010. The average Bonchev–Trinajstić information content (AvgIpc) is 2.94. The summed E-state index contributed by atoms with van der Waals surface area (Å²) in [6.07, 6.45) is 1.79. The van der Waals surface area contributed by atoms with Gasteiger partial charge in [0.25, 0.3) is 11.8 Å². The quantitative estimate of drug-likeness (QED) is 0.685. The second kappa shape index (κ2) is 7.59. The first-order valence-corrected chi connectivity index (χ1v) is 9.83. The maximum atomic E-state index is 14.4. The smallest absolute Gasteiger partial charge is 0.282 e. The minimum atomic E-state index is -0.962. The van der Waals surface area contributed by atoms with Crippen LogP contribution in [-0.4, -0.2) is 29.8 Å². The van der Waals surface area contributed by atoms with Crippen molar-refractivity contribution < 1.29 is 18.4 Å². The highest BCUT2D eigenvalue weighted by Gasteiger charge is 2.43. The molecule has 0 bridgehead atoms. The molecular formula is C22H19ClF2N2O2. The third-order valence-electron chi connectivity index (χ3n) is 5.44. The van der Waals surface area contributed by atoms with Gasteiger partial charge in [-0.15, -0.1) is 0 Å². The topological polar surface area (TPSA) is 40.6 Å². The molecule has 4 nitrogen and oxygen atoms in total. The fraction of sp³-hybridized carbons (Fsp3) is 0.273. The van der Waals surface area contributed by atoms with Gasteiger partial charge in [-0.1, -0.05) is 30.7 Å². The monoisotopic (exact) mass is 416 g/mol. The normalized spacial score (nSPS) is 18.2. The Morgan fingerprint density at radius 3 is 2.24 bits per heavy atom. The van der Waals surface area contributed by atoms with Crippen molar-refractivity contribution >= 4 is 34.7 Å². The molecule has 0 atom stereocenters. The van der Waals surface area contributed by atoms with E-state index in [1.54, 1.807) is 24.3 Å². The molecule has 1 fully saturated rings. The lowest BCUT2D eigenvalue weighted by Gasteiger charge is -2.32. The van der Waals surface area contributed by atoms with Crippen molar-refractivity contribution in [3.63, 3.8) is 0 Å². The first-order valence-electron chi connectivity index (χ1n) is 9.46. The Labute approximate surface area is 172 Å². The summed E-state index contributed by atoms with van der Waals surface area (Å²) in [7, 11) is 0. The summed E-state index contributed by atoms with van der Waals surface area (Å²) in [5.41, 5.74) is 0.748. The van der Waals surface area contributed by atoms with E-state index in [2.05, 4.69) is 6.92 Å². The Balaban J connectivity index is 1.82. The van der Waals surface area contributed by atoms with Crippen molar-refractivity contribution in [1.29, 1.82) is 0 Å². The second-order valence-electron chi connectivity index (χ2n) is 7.44. The highest BCUT2D eigenvalue weighted by molar-refractivity contribution is 6.45. The summed E-state index contributed by atoms with van der Waals surface area (Å²) in [6.45, 7) is 3.41. The highest BCUT2D eigenvalue weighted by Crippen LogP contribution is 2.37. The lowest BCUT2D eigenvalue weighted by Crippen LogP contribution is -2.38. The lowest BCUT2D eigenvalue weighted by molar-refractivity contribution is -0.120. The summed E-state index contributed by atoms with van der Waals surface area (Å²) in [6, 6.07) is 9.42. The number of anilines is 1. The number of piperidine rings is 1. The van der Waals surface area contributed by atoms with Gasteiger partial charge in [0, 0.05) is 24.2 Å². The number of benzene rings is 2. The van der Waals surface area contributed by atoms with Crippen LogP contribution in [0.4, 0.5) is 14.5 Å². The van der Waals surface area contributed by atoms with Crippen molar-refractivity contribution in [2.24, 2.45) is 5.92 Å². The third-order valence-corrected chi connectivity index (χ3v) is 5.69. The summed E-state index contributed by atoms with van der Waals surface area (Å²) in [5.74, 6) is -2.43. The number of hydrogen-bond donors (Lipinski definition) is 0. The second-order valence-corrected chi connectivity index (χ2v) is 7.88. The van der Waals surface area contributed by atoms with Crippen molar-refractivity contribution in [1.82, 2.24) is 4.90 Å². The molecule has 2 aliphatic heterocycles. The zero-order valence-electron chi connectivity index (χ0n) is 15.8. The standard InChI is InChI=1S/C22H19ClF2N2O2/c1-13-8-10-26(11-9-13)20-19(14-2-4-15(23)5-3-14)21(28)27(22(20)29)18-7-6-16(24)12-17(18)25/h2-7,12-13H,8-11H2,1H3. The summed E-state index contributed by atoms with van der Waals surface area (Å²) in [4.78, 5) is 29.3. The van der Waals surface area contributed by atoms with Gasteiger partial charge >= 0.3 is 0 Å². The summed E-state index contributed by atoms with van der Waals surface area (Å²) in [5, 5.41) is 0.501. The van der Waals surface area contributed by atoms with Crippen LogP contribution in [0.15, 0.2) is 48.2 Å². The fourth-order valence-corrected chi connectivity index (χ4v) is 3.93. The molecule has 4 rings (SSSR count). The van der Waals surface area contributed by atoms with E-state index in [1.165, 1.54) is 0 Å². The minimum absolute atomic E-state index is 0.213. The molecule has 2 amide bonds. The number of nitrogens with zero attached hydrogens (tertiary/aromatic N) is 2. The van der Waals surface area contributed by atoms with Crippen LogP contribution in [0.2, 0.25) is 5.02 Å². The molecule has 0 unspecified atom stereocenters. The molecule has 150 valence electrons. The van der Waals surface area contributed by atoms with Crippen LogP contribution >= 0.6 is 11.6 Å². The average molecular weight is 417 g/mol. The van der Waals surface area contributed by atoms with E-state index in [-0.39, 0.29) is 17.0 Å². The first kappa shape index (κ1) is 19.6. The summed E-state index contributed by atoms with van der Waals surface area (Å²) >= 11 is 5.97. The van der Waals surface area contributed by atoms with Crippen LogP contribution in [-0.2, 0) is 9.59 Å². The molecule has 0 aliphatic carbocycles. The molecule has 1 saturated heterocycles. The molecule has 0 N–H and O–H groups in total. The molecular weight excluding hydrogens is 398 g/mol. The van der Waals surface area contributed by atoms with Crippen molar-refractivity contribution in [3.05, 3.63) is 70.4 Å². The number of carbonyl (C=O) groups excluding carboxylic acids is 2. The van der Waals surface area contributed by atoms with Crippen LogP contribution in [0.25, 0.3) is 5.57 Å². The molecule has 0 aromatic heterocycles. The minimum Gasteiger partial charge on any atom is -0.366 e. The zero-order chi connectivity index (χ0) is 20.7. The highest BCUT2D eigenvalue weighted by atomic mass is 35.5. The van der Waals surface area contributed by atoms with E-state index in [0.29, 0.717) is 35.7 Å². The molecule has 0 radical (unpaired) electrons. The maximum Gasteiger partial charge on any atom is 0.282 e. The predicted molar refractivity (Wildman–Crippen MR) is 107 cm³/mol. The van der Waals surface area contributed by atoms with Crippen LogP contribution in [0, 0.1) is 17.6 Å². The van der Waals surface area contributed by atoms with Crippen LogP contribution in [0.3, 0.4) is 0 Å². The van der Waals surface area contributed by atoms with E-state index < -0.39 is 23.4 Å². The first-order chi connectivity index (χ1) is 13.9. The van der Waals surface area contributed by atoms with Crippen molar-refractivity contribution in [3.8, 4) is 0 Å². The van der Waals surface area contributed by atoms with E-state index in [4.69, 9.17) is 11.6 Å². The number of carbonyl (C=O) groups is 2. The van der Waals surface area contributed by atoms with Crippen molar-refractivity contribution in [2.75, 3.05) is 18.0 Å². The van der Waals surface area contributed by atoms with Crippen LogP contribution in [0.1, 0.15) is 25.3 Å². The number of likely N-dealkylation sites (tertiary alicyclic amines) is 1. The Morgan fingerprint density at radius 2 is 1.62 bits per heavy atom. The van der Waals surface area contributed by atoms with E-state index >= 15 is 0 Å². The van der Waals surface area contributed by atoms with E-state index in [9.17, 15) is 18.4 Å². The van der Waals surface area contributed by atoms with Gasteiger partial charge in [0.05, 0.1) is 11.3 Å². The van der Waals surface area contributed by atoms with Gasteiger partial charge < -0.3 is 4.90 Å². The van der Waals surface area contributed by atoms with Gasteiger partial charge in [0.1, 0.15) is 17.3 Å². The lowest BCUT2D eigenvalue weighted by atomic mass is 9.97. The number of hydrogen-bond acceptors (Lipinski definition) is 3. The molecule has 2 aromatic carbocycles. The molecule has 2 aliphatic rings. The Kier molecular flexibility index (Phi) is 5.13. The van der Waals surface area contributed by atoms with E-state index in [1.807, 2.05) is 4.90 Å². The number of amides is 2. The Hall–Kier alpha value is -2.73. The molecule has 0 spiro atoms. The zero-order valence-corrected chi connectivity index (χ0v) is 16.5. The number of imide groups is 1. The van der Waals surface area contributed by atoms with Gasteiger partial charge in [0.2, 0.25) is 0 Å². The molecule has 2 heterocycles. The van der Waals surface area contributed by atoms with Gasteiger partial charge in [0.15, 0.2) is 0 Å². The van der Waals surface area contributed by atoms with Gasteiger partial charge in [-0.25, -0.2) is 13.7 Å². The van der Waals surface area contributed by atoms with Gasteiger partial charge in [-0.2, -0.15) is 0 Å².